The second-order valence-electron chi connectivity index (χ2n) is 9.76. The SMILES string of the molecule is CCC(C)C(NS(=O)(=O)c1ccc(Br)cc1)C(O)(c1cccc2ccccc12)c1cccc2ccccc12. The van der Waals surface area contributed by atoms with Crippen molar-refractivity contribution in [2.24, 2.45) is 5.92 Å². The molecular weight excluding hydrogens is 558 g/mol. The van der Waals surface area contributed by atoms with Gasteiger partial charge in [0.2, 0.25) is 10.0 Å². The first kappa shape index (κ1) is 26.6. The zero-order chi connectivity index (χ0) is 26.9. The van der Waals surface area contributed by atoms with Gasteiger partial charge in [0, 0.05) is 4.47 Å². The lowest BCUT2D eigenvalue weighted by molar-refractivity contribution is 0.0274. The molecule has 0 aromatic heterocycles. The molecule has 6 heteroatoms. The third-order valence-corrected chi connectivity index (χ3v) is 9.46. The first-order valence-corrected chi connectivity index (χ1v) is 15.0. The highest BCUT2D eigenvalue weighted by Gasteiger charge is 2.46. The molecule has 0 aliphatic carbocycles. The molecule has 0 bridgehead atoms. The zero-order valence-corrected chi connectivity index (χ0v) is 23.7. The van der Waals surface area contributed by atoms with E-state index in [1.54, 1.807) is 24.3 Å². The number of rotatable bonds is 8. The summed E-state index contributed by atoms with van der Waals surface area (Å²) in [5.41, 5.74) is -0.355. The van der Waals surface area contributed by atoms with Gasteiger partial charge in [-0.05, 0) is 62.9 Å². The molecule has 5 aromatic carbocycles. The normalized spacial score (nSPS) is 14.0. The molecule has 0 spiro atoms. The van der Waals surface area contributed by atoms with Crippen molar-refractivity contribution in [3.8, 4) is 0 Å². The van der Waals surface area contributed by atoms with E-state index in [0.717, 1.165) is 26.0 Å². The summed E-state index contributed by atoms with van der Waals surface area (Å²) in [4.78, 5) is 0.146. The fourth-order valence-electron chi connectivity index (χ4n) is 5.29. The Morgan fingerprint density at radius 1 is 0.763 bits per heavy atom. The first-order valence-electron chi connectivity index (χ1n) is 12.7. The first-order chi connectivity index (χ1) is 18.3. The molecular formula is C32H30BrNO3S. The Morgan fingerprint density at radius 3 is 1.74 bits per heavy atom. The monoisotopic (exact) mass is 587 g/mol. The van der Waals surface area contributed by atoms with E-state index in [1.165, 1.54) is 0 Å². The van der Waals surface area contributed by atoms with Gasteiger partial charge in [0.05, 0.1) is 10.9 Å². The number of fused-ring (bicyclic) bond motifs is 2. The third kappa shape index (κ3) is 4.78. The van der Waals surface area contributed by atoms with E-state index in [0.29, 0.717) is 17.5 Å². The van der Waals surface area contributed by atoms with Crippen LogP contribution in [0.25, 0.3) is 21.5 Å². The van der Waals surface area contributed by atoms with E-state index in [-0.39, 0.29) is 10.8 Å². The van der Waals surface area contributed by atoms with Crippen LogP contribution in [0.2, 0.25) is 0 Å². The molecule has 4 nitrogen and oxygen atoms in total. The van der Waals surface area contributed by atoms with Crippen molar-refractivity contribution < 1.29 is 13.5 Å². The maximum Gasteiger partial charge on any atom is 0.240 e. The highest BCUT2D eigenvalue weighted by Crippen LogP contribution is 2.43. The molecule has 2 unspecified atom stereocenters. The Bertz CT molecular complexity index is 1610. The van der Waals surface area contributed by atoms with Crippen molar-refractivity contribution in [3.63, 3.8) is 0 Å². The number of aliphatic hydroxyl groups is 1. The maximum atomic E-state index is 13.8. The summed E-state index contributed by atoms with van der Waals surface area (Å²) in [7, 11) is -3.97. The molecule has 0 saturated heterocycles. The van der Waals surface area contributed by atoms with Gasteiger partial charge in [-0.15, -0.1) is 0 Å². The molecule has 0 heterocycles. The zero-order valence-electron chi connectivity index (χ0n) is 21.3. The van der Waals surface area contributed by atoms with E-state index in [4.69, 9.17) is 0 Å². The minimum atomic E-state index is -3.97. The molecule has 2 atom stereocenters. The van der Waals surface area contributed by atoms with Crippen LogP contribution in [0.4, 0.5) is 0 Å². The maximum absolute atomic E-state index is 13.8. The molecule has 194 valence electrons. The Balaban J connectivity index is 1.81. The van der Waals surface area contributed by atoms with E-state index in [2.05, 4.69) is 20.7 Å². The minimum Gasteiger partial charge on any atom is -0.379 e. The molecule has 38 heavy (non-hydrogen) atoms. The number of nitrogens with one attached hydrogen (secondary N) is 1. The summed E-state index contributed by atoms with van der Waals surface area (Å²) in [6.07, 6.45) is 0.658. The second kappa shape index (κ2) is 10.6. The highest BCUT2D eigenvalue weighted by molar-refractivity contribution is 9.10. The van der Waals surface area contributed by atoms with Gasteiger partial charge in [-0.25, -0.2) is 13.1 Å². The fraction of sp³-hybridized carbons (Fsp3) is 0.188. The third-order valence-electron chi connectivity index (χ3n) is 7.47. The Morgan fingerprint density at radius 2 is 1.24 bits per heavy atom. The largest absolute Gasteiger partial charge is 0.379 e. The van der Waals surface area contributed by atoms with Gasteiger partial charge in [0.1, 0.15) is 5.60 Å². The van der Waals surface area contributed by atoms with E-state index in [1.807, 2.05) is 98.8 Å². The van der Waals surface area contributed by atoms with Crippen LogP contribution in [-0.4, -0.2) is 19.6 Å². The average Bonchev–Trinajstić information content (AvgIpc) is 2.94. The highest BCUT2D eigenvalue weighted by atomic mass is 79.9. The summed E-state index contributed by atoms with van der Waals surface area (Å²) in [5, 5.41) is 16.8. The number of benzene rings is 5. The van der Waals surface area contributed by atoms with Crippen LogP contribution >= 0.6 is 15.9 Å². The van der Waals surface area contributed by atoms with Gasteiger partial charge in [0.25, 0.3) is 0 Å². The summed E-state index contributed by atoms with van der Waals surface area (Å²) in [6, 6.07) is 33.1. The Hall–Kier alpha value is -3.03. The van der Waals surface area contributed by atoms with Crippen LogP contribution in [0.5, 0.6) is 0 Å². The van der Waals surface area contributed by atoms with Gasteiger partial charge in [0.15, 0.2) is 0 Å². The second-order valence-corrected chi connectivity index (χ2v) is 12.4. The molecule has 5 rings (SSSR count). The molecule has 5 aromatic rings. The van der Waals surface area contributed by atoms with Crippen molar-refractivity contribution in [2.75, 3.05) is 0 Å². The van der Waals surface area contributed by atoms with Crippen LogP contribution in [0, 0.1) is 5.92 Å². The number of hydrogen-bond acceptors (Lipinski definition) is 3. The lowest BCUT2D eigenvalue weighted by Gasteiger charge is -2.41. The standard InChI is InChI=1S/C32H30BrNO3S/c1-3-22(2)31(34-38(36,37)26-20-18-25(33)19-21-26)32(35,29-16-8-12-23-10-4-6-14-27(23)29)30-17-9-13-24-11-5-7-15-28(24)30/h4-22,31,34-35H,3H2,1-2H3. The van der Waals surface area contributed by atoms with Crippen LogP contribution in [0.3, 0.4) is 0 Å². The van der Waals surface area contributed by atoms with Gasteiger partial charge in [-0.3, -0.25) is 0 Å². The van der Waals surface area contributed by atoms with Crippen LogP contribution in [0.1, 0.15) is 31.4 Å². The lowest BCUT2D eigenvalue weighted by Crippen LogP contribution is -2.54. The number of hydrogen-bond donors (Lipinski definition) is 2. The van der Waals surface area contributed by atoms with Crippen molar-refractivity contribution in [1.29, 1.82) is 0 Å². The van der Waals surface area contributed by atoms with Crippen molar-refractivity contribution in [3.05, 3.63) is 125 Å². The summed E-state index contributed by atoms with van der Waals surface area (Å²) in [5.74, 6) is -0.205. The molecule has 2 N–H and O–H groups in total. The quantitative estimate of drug-likeness (QED) is 0.199. The predicted molar refractivity (Wildman–Crippen MR) is 159 cm³/mol. The molecule has 0 saturated carbocycles. The van der Waals surface area contributed by atoms with Gasteiger partial charge >= 0.3 is 0 Å². The number of halogens is 1. The van der Waals surface area contributed by atoms with Gasteiger partial charge < -0.3 is 5.11 Å². The number of sulfonamides is 1. The van der Waals surface area contributed by atoms with Gasteiger partial charge in [-0.1, -0.05) is 121 Å². The van der Waals surface area contributed by atoms with Crippen molar-refractivity contribution in [2.45, 2.75) is 36.8 Å². The fourth-order valence-corrected chi connectivity index (χ4v) is 6.93. The molecule has 0 radical (unpaired) electrons. The molecule has 0 aliphatic rings. The van der Waals surface area contributed by atoms with Gasteiger partial charge in [-0.2, -0.15) is 0 Å². The van der Waals surface area contributed by atoms with Crippen LogP contribution in [-0.2, 0) is 15.6 Å². The van der Waals surface area contributed by atoms with Crippen LogP contribution < -0.4 is 4.72 Å². The Kier molecular flexibility index (Phi) is 7.43. The van der Waals surface area contributed by atoms with Crippen molar-refractivity contribution in [1.82, 2.24) is 4.72 Å². The van der Waals surface area contributed by atoms with E-state index in [9.17, 15) is 13.5 Å². The molecule has 0 fully saturated rings. The van der Waals surface area contributed by atoms with E-state index >= 15 is 0 Å². The summed E-state index contributed by atoms with van der Waals surface area (Å²) < 4.78 is 31.3. The smallest absolute Gasteiger partial charge is 0.240 e. The topological polar surface area (TPSA) is 66.4 Å². The summed E-state index contributed by atoms with van der Waals surface area (Å²) in [6.45, 7) is 3.99. The average molecular weight is 589 g/mol. The molecule has 0 amide bonds. The Labute approximate surface area is 232 Å². The summed E-state index contributed by atoms with van der Waals surface area (Å²) >= 11 is 3.38. The predicted octanol–water partition coefficient (Wildman–Crippen LogP) is 7.38. The lowest BCUT2D eigenvalue weighted by atomic mass is 9.72. The minimum absolute atomic E-state index is 0.146. The van der Waals surface area contributed by atoms with Crippen molar-refractivity contribution >= 4 is 47.5 Å². The molecule has 0 aliphatic heterocycles. The van der Waals surface area contributed by atoms with E-state index < -0.39 is 21.7 Å². The van der Waals surface area contributed by atoms with Crippen LogP contribution in [0.15, 0.2) is 119 Å².